The van der Waals surface area contributed by atoms with Gasteiger partial charge in [-0.1, -0.05) is 6.07 Å². The average Bonchev–Trinajstić information content (AvgIpc) is 2.72. The highest BCUT2D eigenvalue weighted by atomic mass is 16.5. The van der Waals surface area contributed by atoms with Crippen molar-refractivity contribution >= 4 is 16.7 Å². The average molecular weight is 378 g/mol. The van der Waals surface area contributed by atoms with Crippen LogP contribution in [0.15, 0.2) is 61.1 Å². The number of carbonyl (C=O) groups is 1. The van der Waals surface area contributed by atoms with Gasteiger partial charge in [0, 0.05) is 24.0 Å². The van der Waals surface area contributed by atoms with E-state index in [1.807, 2.05) is 62.5 Å². The number of ether oxygens (including phenoxy) is 1. The first kappa shape index (κ1) is 19.8. The molecule has 0 unspecified atom stereocenters. The number of nitrogens with zero attached hydrogens (tertiary/aromatic N) is 2. The minimum absolute atomic E-state index is 0.0376. The number of carbonyl (C=O) groups excluding carboxylic acids is 1. The summed E-state index contributed by atoms with van der Waals surface area (Å²) in [6, 6.07) is 13.3. The van der Waals surface area contributed by atoms with Gasteiger partial charge in [-0.15, -0.1) is 0 Å². The molecule has 0 saturated heterocycles. The number of nitrogens with one attached hydrogen (secondary N) is 2. The number of hydrogen-bond donors (Lipinski definition) is 2. The molecule has 0 radical (unpaired) electrons. The van der Waals surface area contributed by atoms with E-state index >= 15 is 0 Å². The van der Waals surface area contributed by atoms with Crippen molar-refractivity contribution in [1.29, 1.82) is 0 Å². The zero-order valence-corrected chi connectivity index (χ0v) is 16.3. The molecule has 3 aromatic rings. The highest BCUT2D eigenvalue weighted by Crippen LogP contribution is 2.21. The van der Waals surface area contributed by atoms with Crippen molar-refractivity contribution in [3.05, 3.63) is 66.7 Å². The Morgan fingerprint density at radius 2 is 2.00 bits per heavy atom. The molecular weight excluding hydrogens is 352 g/mol. The van der Waals surface area contributed by atoms with Gasteiger partial charge in [0.25, 0.3) is 0 Å². The molecular formula is C22H26N4O2. The van der Waals surface area contributed by atoms with E-state index in [1.165, 1.54) is 0 Å². The van der Waals surface area contributed by atoms with E-state index in [2.05, 4.69) is 20.6 Å². The Balaban J connectivity index is 1.38. The zero-order valence-electron chi connectivity index (χ0n) is 16.3. The fraction of sp³-hybridized carbons (Fsp3) is 0.318. The number of pyridine rings is 2. The van der Waals surface area contributed by atoms with Gasteiger partial charge in [-0.05, 0) is 68.6 Å². The first-order valence-corrected chi connectivity index (χ1v) is 9.53. The molecule has 2 heterocycles. The Labute approximate surface area is 165 Å². The molecule has 1 aromatic carbocycles. The number of aromatic nitrogens is 2. The lowest BCUT2D eigenvalue weighted by Gasteiger charge is -2.18. The summed E-state index contributed by atoms with van der Waals surface area (Å²) in [5, 5.41) is 8.34. The van der Waals surface area contributed by atoms with Crippen molar-refractivity contribution < 1.29 is 9.53 Å². The van der Waals surface area contributed by atoms with Crippen LogP contribution < -0.4 is 15.4 Å². The Kier molecular flexibility index (Phi) is 6.92. The number of rotatable bonds is 9. The van der Waals surface area contributed by atoms with Crippen LogP contribution in [0.2, 0.25) is 0 Å². The third-order valence-corrected chi connectivity index (χ3v) is 4.51. The second-order valence-electron chi connectivity index (χ2n) is 6.82. The van der Waals surface area contributed by atoms with Gasteiger partial charge in [0.15, 0.2) is 0 Å². The second-order valence-corrected chi connectivity index (χ2v) is 6.82. The predicted octanol–water partition coefficient (Wildman–Crippen LogP) is 3.08. The summed E-state index contributed by atoms with van der Waals surface area (Å²) in [6.07, 6.45) is 6.17. The fourth-order valence-corrected chi connectivity index (χ4v) is 2.86. The van der Waals surface area contributed by atoms with Gasteiger partial charge in [-0.2, -0.15) is 0 Å². The molecule has 146 valence electrons. The minimum Gasteiger partial charge on any atom is -0.491 e. The summed E-state index contributed by atoms with van der Waals surface area (Å²) in [5.74, 6) is 0.801. The molecule has 0 aliphatic heterocycles. The molecule has 6 heteroatoms. The Hall–Kier alpha value is -2.99. The summed E-state index contributed by atoms with van der Waals surface area (Å²) in [7, 11) is 0. The highest BCUT2D eigenvalue weighted by Gasteiger charge is 2.13. The number of amides is 1. The van der Waals surface area contributed by atoms with Gasteiger partial charge in [-0.25, -0.2) is 0 Å². The third kappa shape index (κ3) is 5.76. The maximum Gasteiger partial charge on any atom is 0.237 e. The van der Waals surface area contributed by atoms with E-state index in [9.17, 15) is 4.79 Å². The molecule has 0 saturated carbocycles. The first-order chi connectivity index (χ1) is 13.6. The van der Waals surface area contributed by atoms with Crippen molar-refractivity contribution in [2.24, 2.45) is 0 Å². The molecule has 0 aliphatic carbocycles. The SMILES string of the molecule is C[C@H](CCN[C@@H](C)C(=O)NCc1ccccn1)Oc1ccc2cnccc2c1. The van der Waals surface area contributed by atoms with Gasteiger partial charge < -0.3 is 15.4 Å². The monoisotopic (exact) mass is 378 g/mol. The van der Waals surface area contributed by atoms with Crippen LogP contribution in [0.5, 0.6) is 5.75 Å². The number of benzene rings is 1. The van der Waals surface area contributed by atoms with Crippen molar-refractivity contribution in [3.63, 3.8) is 0 Å². The molecule has 28 heavy (non-hydrogen) atoms. The maximum absolute atomic E-state index is 12.2. The fourth-order valence-electron chi connectivity index (χ4n) is 2.86. The molecule has 6 nitrogen and oxygen atoms in total. The van der Waals surface area contributed by atoms with E-state index in [0.717, 1.165) is 28.6 Å². The van der Waals surface area contributed by atoms with Crippen LogP contribution in [0.25, 0.3) is 10.8 Å². The van der Waals surface area contributed by atoms with E-state index < -0.39 is 0 Å². The van der Waals surface area contributed by atoms with Crippen molar-refractivity contribution in [2.75, 3.05) is 6.54 Å². The summed E-state index contributed by atoms with van der Waals surface area (Å²) < 4.78 is 6.00. The number of hydrogen-bond acceptors (Lipinski definition) is 5. The normalized spacial score (nSPS) is 13.1. The van der Waals surface area contributed by atoms with E-state index in [4.69, 9.17) is 4.74 Å². The van der Waals surface area contributed by atoms with Crippen LogP contribution in [0, 0.1) is 0 Å². The summed E-state index contributed by atoms with van der Waals surface area (Å²) >= 11 is 0. The van der Waals surface area contributed by atoms with Crippen LogP contribution in [-0.4, -0.2) is 34.6 Å². The highest BCUT2D eigenvalue weighted by molar-refractivity contribution is 5.82. The largest absolute Gasteiger partial charge is 0.491 e. The van der Waals surface area contributed by atoms with Gasteiger partial charge in [-0.3, -0.25) is 14.8 Å². The first-order valence-electron chi connectivity index (χ1n) is 9.53. The smallest absolute Gasteiger partial charge is 0.237 e. The van der Waals surface area contributed by atoms with Crippen molar-refractivity contribution in [3.8, 4) is 5.75 Å². The van der Waals surface area contributed by atoms with Gasteiger partial charge in [0.1, 0.15) is 5.75 Å². The van der Waals surface area contributed by atoms with E-state index in [-0.39, 0.29) is 18.1 Å². The van der Waals surface area contributed by atoms with Gasteiger partial charge >= 0.3 is 0 Å². The molecule has 0 spiro atoms. The second kappa shape index (κ2) is 9.80. The summed E-state index contributed by atoms with van der Waals surface area (Å²) in [6.45, 7) is 5.01. The van der Waals surface area contributed by atoms with E-state index in [1.54, 1.807) is 12.4 Å². The molecule has 2 atom stereocenters. The lowest BCUT2D eigenvalue weighted by molar-refractivity contribution is -0.122. The molecule has 2 aromatic heterocycles. The lowest BCUT2D eigenvalue weighted by Crippen LogP contribution is -2.42. The van der Waals surface area contributed by atoms with Crippen LogP contribution >= 0.6 is 0 Å². The standard InChI is InChI=1S/C22H26N4O2/c1-16(28-21-7-6-19-14-23-11-9-18(19)13-21)8-12-24-17(2)22(27)26-15-20-5-3-4-10-25-20/h3-7,9-11,13-14,16-17,24H,8,12,15H2,1-2H3,(H,26,27)/t16-,17+/m1/s1. The lowest BCUT2D eigenvalue weighted by atomic mass is 10.2. The van der Waals surface area contributed by atoms with Crippen LogP contribution in [0.4, 0.5) is 0 Å². The Bertz CT molecular complexity index is 901. The van der Waals surface area contributed by atoms with Crippen LogP contribution in [-0.2, 0) is 11.3 Å². The molecule has 0 aliphatic rings. The molecule has 1 amide bonds. The zero-order chi connectivity index (χ0) is 19.8. The molecule has 0 fully saturated rings. The van der Waals surface area contributed by atoms with Crippen LogP contribution in [0.1, 0.15) is 26.0 Å². The third-order valence-electron chi connectivity index (χ3n) is 4.51. The minimum atomic E-state index is -0.274. The Morgan fingerprint density at radius 3 is 2.82 bits per heavy atom. The summed E-state index contributed by atoms with van der Waals surface area (Å²) in [4.78, 5) is 20.5. The molecule has 0 bridgehead atoms. The van der Waals surface area contributed by atoms with Gasteiger partial charge in [0.2, 0.25) is 5.91 Å². The van der Waals surface area contributed by atoms with Crippen LogP contribution in [0.3, 0.4) is 0 Å². The van der Waals surface area contributed by atoms with Crippen molar-refractivity contribution in [1.82, 2.24) is 20.6 Å². The van der Waals surface area contributed by atoms with Gasteiger partial charge in [0.05, 0.1) is 24.4 Å². The number of fused-ring (bicyclic) bond motifs is 1. The molecule has 2 N–H and O–H groups in total. The Morgan fingerprint density at radius 1 is 1.11 bits per heavy atom. The predicted molar refractivity (Wildman–Crippen MR) is 110 cm³/mol. The maximum atomic E-state index is 12.2. The summed E-state index contributed by atoms with van der Waals surface area (Å²) in [5.41, 5.74) is 0.844. The van der Waals surface area contributed by atoms with Crippen molar-refractivity contribution in [2.45, 2.75) is 39.0 Å². The quantitative estimate of drug-likeness (QED) is 0.598. The van der Waals surface area contributed by atoms with E-state index in [0.29, 0.717) is 13.1 Å². The topological polar surface area (TPSA) is 76.1 Å². The molecule has 3 rings (SSSR count).